The molecule has 4 aromatic rings. The Labute approximate surface area is 216 Å². The van der Waals surface area contributed by atoms with Crippen molar-refractivity contribution in [1.29, 1.82) is 0 Å². The number of nitrogens with one attached hydrogen (secondary N) is 1. The summed E-state index contributed by atoms with van der Waals surface area (Å²) in [4.78, 5) is 24.8. The van der Waals surface area contributed by atoms with Gasteiger partial charge in [0.15, 0.2) is 0 Å². The second-order valence-corrected chi connectivity index (χ2v) is 8.70. The molecular formula is C29H23F3N2O4. The second kappa shape index (κ2) is 10.7. The van der Waals surface area contributed by atoms with Crippen molar-refractivity contribution in [3.05, 3.63) is 108 Å². The van der Waals surface area contributed by atoms with Crippen LogP contribution in [0, 0.1) is 0 Å². The topological polar surface area (TPSA) is 113 Å². The number of hydrogen-bond donors (Lipinski definition) is 4. The fourth-order valence-electron chi connectivity index (χ4n) is 4.00. The van der Waals surface area contributed by atoms with Crippen molar-refractivity contribution in [3.8, 4) is 28.0 Å². The number of phenolic OH excluding ortho intramolecular Hbond substituents is 1. The van der Waals surface area contributed by atoms with Gasteiger partial charge >= 0.3 is 12.1 Å². The number of nitrogens with two attached hydrogens (primary N) is 1. The van der Waals surface area contributed by atoms with Crippen LogP contribution in [0.1, 0.15) is 21.5 Å². The SMILES string of the molecule is Nc1cccc(-c2ccc(O)c(C(=O)N[C@@H](Cc3ccc(-c4cccc(C(F)(F)F)c4)cc3)C(=O)O)c2)c1. The number of phenols is 1. The Morgan fingerprint density at radius 1 is 0.816 bits per heavy atom. The standard InChI is InChI=1S/C29H23F3N2O4/c30-29(31,32)22-5-1-3-19(14-22)18-9-7-17(8-10-18)13-25(28(37)38)34-27(36)24-16-21(11-12-26(24)35)20-4-2-6-23(33)15-20/h1-12,14-16,25,35H,13,33H2,(H,34,36)(H,37,38)/t25-/m0/s1. The highest BCUT2D eigenvalue weighted by Gasteiger charge is 2.30. The molecule has 5 N–H and O–H groups in total. The summed E-state index contributed by atoms with van der Waals surface area (Å²) in [7, 11) is 0. The van der Waals surface area contributed by atoms with Crippen LogP contribution >= 0.6 is 0 Å². The molecule has 0 radical (unpaired) electrons. The van der Waals surface area contributed by atoms with Crippen molar-refractivity contribution >= 4 is 17.6 Å². The molecule has 0 aromatic heterocycles. The van der Waals surface area contributed by atoms with Crippen LogP contribution in [0.2, 0.25) is 0 Å². The smallest absolute Gasteiger partial charge is 0.416 e. The number of carbonyl (C=O) groups is 2. The van der Waals surface area contributed by atoms with Crippen molar-refractivity contribution in [3.63, 3.8) is 0 Å². The summed E-state index contributed by atoms with van der Waals surface area (Å²) in [6.45, 7) is 0. The van der Waals surface area contributed by atoms with Crippen LogP contribution in [0.3, 0.4) is 0 Å². The Bertz CT molecular complexity index is 1480. The van der Waals surface area contributed by atoms with E-state index in [0.29, 0.717) is 27.9 Å². The third-order valence-corrected chi connectivity index (χ3v) is 5.98. The van der Waals surface area contributed by atoms with E-state index in [1.165, 1.54) is 18.2 Å². The van der Waals surface area contributed by atoms with Crippen LogP contribution in [0.15, 0.2) is 91.0 Å². The zero-order valence-corrected chi connectivity index (χ0v) is 19.9. The van der Waals surface area contributed by atoms with Gasteiger partial charge in [0.05, 0.1) is 11.1 Å². The first-order valence-electron chi connectivity index (χ1n) is 11.5. The third kappa shape index (κ3) is 6.12. The minimum atomic E-state index is -4.47. The maximum atomic E-state index is 13.0. The molecule has 0 aliphatic carbocycles. The number of nitrogen functional groups attached to an aromatic ring is 1. The molecule has 0 fully saturated rings. The number of alkyl halides is 3. The molecule has 4 rings (SSSR count). The van der Waals surface area contributed by atoms with E-state index in [9.17, 15) is 33.0 Å². The number of hydrogen-bond acceptors (Lipinski definition) is 4. The fraction of sp³-hybridized carbons (Fsp3) is 0.103. The van der Waals surface area contributed by atoms with E-state index in [0.717, 1.165) is 17.7 Å². The highest BCUT2D eigenvalue weighted by molar-refractivity contribution is 6.00. The molecule has 9 heteroatoms. The predicted molar refractivity (Wildman–Crippen MR) is 137 cm³/mol. The number of carboxylic acid groups (broad SMARTS) is 1. The summed E-state index contributed by atoms with van der Waals surface area (Å²) in [5.41, 5.74) is 8.24. The first-order chi connectivity index (χ1) is 18.0. The van der Waals surface area contributed by atoms with Crippen molar-refractivity contribution in [2.75, 3.05) is 5.73 Å². The Morgan fingerprint density at radius 3 is 2.05 bits per heavy atom. The van der Waals surface area contributed by atoms with Crippen LogP contribution in [0.25, 0.3) is 22.3 Å². The van der Waals surface area contributed by atoms with E-state index >= 15 is 0 Å². The monoisotopic (exact) mass is 520 g/mol. The third-order valence-electron chi connectivity index (χ3n) is 5.98. The summed E-state index contributed by atoms with van der Waals surface area (Å²) < 4.78 is 39.1. The number of amides is 1. The summed E-state index contributed by atoms with van der Waals surface area (Å²) in [5, 5.41) is 22.4. The molecule has 6 nitrogen and oxygen atoms in total. The molecule has 0 saturated heterocycles. The van der Waals surface area contributed by atoms with Crippen molar-refractivity contribution in [2.45, 2.75) is 18.6 Å². The number of halogens is 3. The van der Waals surface area contributed by atoms with Crippen LogP contribution in [-0.2, 0) is 17.4 Å². The second-order valence-electron chi connectivity index (χ2n) is 8.70. The maximum Gasteiger partial charge on any atom is 0.416 e. The molecule has 1 atom stereocenters. The molecule has 0 spiro atoms. The van der Waals surface area contributed by atoms with Crippen molar-refractivity contribution < 1.29 is 33.0 Å². The lowest BCUT2D eigenvalue weighted by molar-refractivity contribution is -0.139. The average molecular weight is 521 g/mol. The van der Waals surface area contributed by atoms with Gasteiger partial charge < -0.3 is 21.3 Å². The lowest BCUT2D eigenvalue weighted by Gasteiger charge is -2.16. The number of anilines is 1. The lowest BCUT2D eigenvalue weighted by atomic mass is 9.98. The van der Waals surface area contributed by atoms with E-state index in [1.54, 1.807) is 60.7 Å². The molecule has 0 aliphatic rings. The minimum absolute atomic E-state index is 0.0837. The van der Waals surface area contributed by atoms with Gasteiger partial charge in [-0.3, -0.25) is 4.79 Å². The van der Waals surface area contributed by atoms with Crippen molar-refractivity contribution in [2.24, 2.45) is 0 Å². The van der Waals surface area contributed by atoms with Gasteiger partial charge in [0.2, 0.25) is 0 Å². The van der Waals surface area contributed by atoms with E-state index in [4.69, 9.17) is 5.73 Å². The van der Waals surface area contributed by atoms with Gasteiger partial charge in [0.25, 0.3) is 5.91 Å². The highest BCUT2D eigenvalue weighted by Crippen LogP contribution is 2.32. The van der Waals surface area contributed by atoms with Gasteiger partial charge in [-0.15, -0.1) is 0 Å². The van der Waals surface area contributed by atoms with E-state index in [2.05, 4.69) is 5.32 Å². The molecular weight excluding hydrogens is 497 g/mol. The molecule has 0 bridgehead atoms. The molecule has 1 amide bonds. The molecule has 0 unspecified atom stereocenters. The summed E-state index contributed by atoms with van der Waals surface area (Å²) in [6, 6.07) is 21.3. The van der Waals surface area contributed by atoms with Crippen LogP contribution in [0.5, 0.6) is 5.75 Å². The van der Waals surface area contributed by atoms with Gasteiger partial charge in [0.1, 0.15) is 11.8 Å². The number of benzene rings is 4. The highest BCUT2D eigenvalue weighted by atomic mass is 19.4. The zero-order valence-electron chi connectivity index (χ0n) is 19.9. The molecule has 4 aromatic carbocycles. The lowest BCUT2D eigenvalue weighted by Crippen LogP contribution is -2.42. The first-order valence-corrected chi connectivity index (χ1v) is 11.5. The Balaban J connectivity index is 1.51. The van der Waals surface area contributed by atoms with Crippen LogP contribution < -0.4 is 11.1 Å². The van der Waals surface area contributed by atoms with Crippen LogP contribution in [0.4, 0.5) is 18.9 Å². The number of aromatic hydroxyl groups is 1. The van der Waals surface area contributed by atoms with Gasteiger partial charge in [-0.05, 0) is 64.2 Å². The Morgan fingerprint density at radius 2 is 1.42 bits per heavy atom. The summed E-state index contributed by atoms with van der Waals surface area (Å²) in [6.07, 6.45) is -4.55. The van der Waals surface area contributed by atoms with Gasteiger partial charge in [-0.1, -0.05) is 54.6 Å². The van der Waals surface area contributed by atoms with E-state index < -0.39 is 29.7 Å². The minimum Gasteiger partial charge on any atom is -0.507 e. The number of carboxylic acids is 1. The number of carbonyl (C=O) groups excluding carboxylic acids is 1. The summed E-state index contributed by atoms with van der Waals surface area (Å²) >= 11 is 0. The maximum absolute atomic E-state index is 13.0. The van der Waals surface area contributed by atoms with Gasteiger partial charge in [-0.25, -0.2) is 4.79 Å². The average Bonchev–Trinajstić information content (AvgIpc) is 2.88. The molecule has 38 heavy (non-hydrogen) atoms. The van der Waals surface area contributed by atoms with Gasteiger partial charge in [-0.2, -0.15) is 13.2 Å². The van der Waals surface area contributed by atoms with E-state index in [-0.39, 0.29) is 17.7 Å². The number of rotatable bonds is 7. The number of aliphatic carboxylic acids is 1. The van der Waals surface area contributed by atoms with Crippen molar-refractivity contribution in [1.82, 2.24) is 5.32 Å². The normalized spacial score (nSPS) is 12.1. The zero-order chi connectivity index (χ0) is 27.4. The summed E-state index contributed by atoms with van der Waals surface area (Å²) in [5.74, 6) is -2.38. The molecule has 0 aliphatic heterocycles. The molecule has 194 valence electrons. The largest absolute Gasteiger partial charge is 0.507 e. The quantitative estimate of drug-likeness (QED) is 0.232. The van der Waals surface area contributed by atoms with Crippen LogP contribution in [-0.4, -0.2) is 28.1 Å². The Kier molecular flexibility index (Phi) is 7.38. The first kappa shape index (κ1) is 26.3. The fourth-order valence-corrected chi connectivity index (χ4v) is 4.00. The molecule has 0 saturated carbocycles. The predicted octanol–water partition coefficient (Wildman–Crippen LogP) is 5.75. The Hall–Kier alpha value is -4.79. The van der Waals surface area contributed by atoms with E-state index in [1.807, 2.05) is 0 Å². The molecule has 0 heterocycles. The van der Waals surface area contributed by atoms with Gasteiger partial charge in [0, 0.05) is 12.1 Å².